The number of benzene rings is 1. The van der Waals surface area contributed by atoms with Crippen LogP contribution in [0.3, 0.4) is 0 Å². The number of pyridine rings is 1. The minimum Gasteiger partial charge on any atom is -0.256 e. The minimum absolute atomic E-state index is 0.120. The van der Waals surface area contributed by atoms with Crippen molar-refractivity contribution in [1.29, 1.82) is 0 Å². The van der Waals surface area contributed by atoms with Gasteiger partial charge in [-0.1, -0.05) is 41.8 Å². The second-order valence-electron chi connectivity index (χ2n) is 4.23. The first-order chi connectivity index (χ1) is 8.20. The molecule has 1 atom stereocenters. The second kappa shape index (κ2) is 4.84. The summed E-state index contributed by atoms with van der Waals surface area (Å²) in [6.45, 7) is 4.08. The molecule has 0 aliphatic carbocycles. The van der Waals surface area contributed by atoms with Crippen molar-refractivity contribution in [3.63, 3.8) is 0 Å². The van der Waals surface area contributed by atoms with Crippen LogP contribution in [0.5, 0.6) is 0 Å². The molecular formula is C16H15N. The lowest BCUT2D eigenvalue weighted by atomic mass is 10.0. The molecule has 0 saturated heterocycles. The van der Waals surface area contributed by atoms with Crippen molar-refractivity contribution in [2.45, 2.75) is 19.8 Å². The predicted octanol–water partition coefficient (Wildman–Crippen LogP) is 3.79. The van der Waals surface area contributed by atoms with Crippen LogP contribution in [0.25, 0.3) is 11.3 Å². The zero-order chi connectivity index (χ0) is 12.3. The zero-order valence-corrected chi connectivity index (χ0v) is 10.1. The van der Waals surface area contributed by atoms with Crippen LogP contribution < -0.4 is 0 Å². The van der Waals surface area contributed by atoms with Gasteiger partial charge in [-0.25, -0.2) is 0 Å². The lowest BCUT2D eigenvalue weighted by Gasteiger charge is -2.06. The Labute approximate surface area is 103 Å². The lowest BCUT2D eigenvalue weighted by Crippen LogP contribution is -1.91. The summed E-state index contributed by atoms with van der Waals surface area (Å²) in [4.78, 5) is 4.45. The first kappa shape index (κ1) is 11.4. The molecule has 0 saturated carbocycles. The Bertz CT molecular complexity index is 529. The predicted molar refractivity (Wildman–Crippen MR) is 71.7 cm³/mol. The van der Waals surface area contributed by atoms with Gasteiger partial charge < -0.3 is 0 Å². The van der Waals surface area contributed by atoms with Crippen LogP contribution in [0.2, 0.25) is 0 Å². The largest absolute Gasteiger partial charge is 0.256 e. The minimum atomic E-state index is 0.120. The van der Waals surface area contributed by atoms with E-state index in [4.69, 9.17) is 6.42 Å². The van der Waals surface area contributed by atoms with Gasteiger partial charge in [0.2, 0.25) is 0 Å². The third-order valence-corrected chi connectivity index (χ3v) is 2.88. The van der Waals surface area contributed by atoms with E-state index < -0.39 is 0 Å². The van der Waals surface area contributed by atoms with Crippen molar-refractivity contribution in [3.8, 4) is 23.6 Å². The molecule has 0 aliphatic rings. The van der Waals surface area contributed by atoms with E-state index in [-0.39, 0.29) is 5.92 Å². The molecule has 1 aromatic heterocycles. The van der Waals surface area contributed by atoms with Crippen LogP contribution in [-0.2, 0) is 0 Å². The Kier molecular flexibility index (Phi) is 3.25. The summed E-state index contributed by atoms with van der Waals surface area (Å²) in [7, 11) is 0. The zero-order valence-electron chi connectivity index (χ0n) is 10.1. The van der Waals surface area contributed by atoms with Gasteiger partial charge in [-0.3, -0.25) is 4.98 Å². The first-order valence-electron chi connectivity index (χ1n) is 5.70. The van der Waals surface area contributed by atoms with Gasteiger partial charge in [0.15, 0.2) is 0 Å². The molecule has 2 aromatic rings. The van der Waals surface area contributed by atoms with Crippen LogP contribution in [0.15, 0.2) is 42.6 Å². The maximum absolute atomic E-state index is 5.39. The molecule has 0 aliphatic heterocycles. The van der Waals surface area contributed by atoms with Crippen molar-refractivity contribution >= 4 is 0 Å². The van der Waals surface area contributed by atoms with Crippen molar-refractivity contribution in [2.24, 2.45) is 0 Å². The number of aryl methyl sites for hydroxylation is 1. The van der Waals surface area contributed by atoms with Gasteiger partial charge in [-0.15, -0.1) is 6.42 Å². The van der Waals surface area contributed by atoms with Crippen LogP contribution in [0.4, 0.5) is 0 Å². The van der Waals surface area contributed by atoms with Crippen molar-refractivity contribution in [1.82, 2.24) is 4.98 Å². The molecule has 17 heavy (non-hydrogen) atoms. The average Bonchev–Trinajstić information content (AvgIpc) is 2.39. The second-order valence-corrected chi connectivity index (χ2v) is 4.23. The van der Waals surface area contributed by atoms with Crippen LogP contribution >= 0.6 is 0 Å². The summed E-state index contributed by atoms with van der Waals surface area (Å²) in [6, 6.07) is 12.4. The van der Waals surface area contributed by atoms with E-state index in [0.717, 1.165) is 16.8 Å². The van der Waals surface area contributed by atoms with Crippen molar-refractivity contribution < 1.29 is 0 Å². The molecule has 1 heterocycles. The summed E-state index contributed by atoms with van der Waals surface area (Å²) in [5.41, 5.74) is 4.46. The van der Waals surface area contributed by atoms with E-state index in [2.05, 4.69) is 42.1 Å². The number of hydrogen-bond donors (Lipinski definition) is 0. The van der Waals surface area contributed by atoms with E-state index in [1.807, 2.05) is 25.3 Å². The molecule has 1 aromatic carbocycles. The molecule has 0 bridgehead atoms. The Hall–Kier alpha value is -2.07. The van der Waals surface area contributed by atoms with E-state index in [0.29, 0.717) is 0 Å². The highest BCUT2D eigenvalue weighted by Gasteiger charge is 2.03. The van der Waals surface area contributed by atoms with E-state index >= 15 is 0 Å². The molecule has 0 radical (unpaired) electrons. The summed E-state index contributed by atoms with van der Waals surface area (Å²) < 4.78 is 0. The molecule has 0 N–H and O–H groups in total. The summed E-state index contributed by atoms with van der Waals surface area (Å²) in [5.74, 6) is 2.83. The monoisotopic (exact) mass is 221 g/mol. The van der Waals surface area contributed by atoms with Crippen molar-refractivity contribution in [3.05, 3.63) is 53.7 Å². The number of aromatic nitrogens is 1. The standard InChI is InChI=1S/C16H15N/c1-4-13(3)15-9-10-16(17-11-15)14-7-5-12(2)6-8-14/h1,5-11,13H,2-3H3. The smallest absolute Gasteiger partial charge is 0.0702 e. The maximum Gasteiger partial charge on any atom is 0.0702 e. The fourth-order valence-corrected chi connectivity index (χ4v) is 1.65. The van der Waals surface area contributed by atoms with Crippen LogP contribution in [0, 0.1) is 19.3 Å². The Morgan fingerprint density at radius 2 is 1.82 bits per heavy atom. The number of terminal acetylenes is 1. The fourth-order valence-electron chi connectivity index (χ4n) is 1.65. The third kappa shape index (κ3) is 2.54. The van der Waals surface area contributed by atoms with Gasteiger partial charge in [-0.2, -0.15) is 0 Å². The molecule has 0 spiro atoms. The highest BCUT2D eigenvalue weighted by Crippen LogP contribution is 2.20. The number of hydrogen-bond acceptors (Lipinski definition) is 1. The number of rotatable bonds is 2. The quantitative estimate of drug-likeness (QED) is 0.703. The van der Waals surface area contributed by atoms with Gasteiger partial charge in [0.05, 0.1) is 5.69 Å². The summed E-state index contributed by atoms with van der Waals surface area (Å²) in [6.07, 6.45) is 7.25. The van der Waals surface area contributed by atoms with E-state index in [1.165, 1.54) is 5.56 Å². The van der Waals surface area contributed by atoms with Gasteiger partial charge in [0.1, 0.15) is 0 Å². The van der Waals surface area contributed by atoms with Gasteiger partial charge in [0, 0.05) is 17.7 Å². The molecule has 2 rings (SSSR count). The maximum atomic E-state index is 5.39. The van der Waals surface area contributed by atoms with E-state index in [9.17, 15) is 0 Å². The fraction of sp³-hybridized carbons (Fsp3) is 0.188. The highest BCUT2D eigenvalue weighted by atomic mass is 14.7. The first-order valence-corrected chi connectivity index (χ1v) is 5.70. The van der Waals surface area contributed by atoms with E-state index in [1.54, 1.807) is 0 Å². The molecule has 0 fully saturated rings. The Morgan fingerprint density at radius 1 is 1.12 bits per heavy atom. The SMILES string of the molecule is C#CC(C)c1ccc(-c2ccc(C)cc2)nc1. The molecule has 1 heteroatoms. The molecular weight excluding hydrogens is 206 g/mol. The molecule has 1 unspecified atom stereocenters. The summed E-state index contributed by atoms with van der Waals surface area (Å²) in [5, 5.41) is 0. The Balaban J connectivity index is 2.30. The normalized spacial score (nSPS) is 11.8. The molecule has 84 valence electrons. The van der Waals surface area contributed by atoms with Gasteiger partial charge >= 0.3 is 0 Å². The molecule has 1 nitrogen and oxygen atoms in total. The average molecular weight is 221 g/mol. The van der Waals surface area contributed by atoms with Crippen LogP contribution in [-0.4, -0.2) is 4.98 Å². The van der Waals surface area contributed by atoms with Crippen molar-refractivity contribution in [2.75, 3.05) is 0 Å². The lowest BCUT2D eigenvalue weighted by molar-refractivity contribution is 0.990. The number of nitrogens with zero attached hydrogens (tertiary/aromatic N) is 1. The topological polar surface area (TPSA) is 12.9 Å². The highest BCUT2D eigenvalue weighted by molar-refractivity contribution is 5.59. The van der Waals surface area contributed by atoms with Crippen LogP contribution in [0.1, 0.15) is 24.0 Å². The Morgan fingerprint density at radius 3 is 2.35 bits per heavy atom. The third-order valence-electron chi connectivity index (χ3n) is 2.88. The van der Waals surface area contributed by atoms with Gasteiger partial charge in [-0.05, 0) is 25.5 Å². The summed E-state index contributed by atoms with van der Waals surface area (Å²) >= 11 is 0. The van der Waals surface area contributed by atoms with Gasteiger partial charge in [0.25, 0.3) is 0 Å². The molecule has 0 amide bonds.